The molecule has 0 aliphatic heterocycles. The fourth-order valence-electron chi connectivity index (χ4n) is 2.71. The molecule has 1 heterocycles. The molecule has 0 saturated carbocycles. The van der Waals surface area contributed by atoms with Gasteiger partial charge in [-0.15, -0.1) is 0 Å². The number of anilines is 1. The first kappa shape index (κ1) is 23.6. The van der Waals surface area contributed by atoms with Gasteiger partial charge in [0, 0.05) is 25.2 Å². The number of hydrogen-bond acceptors (Lipinski definition) is 5. The van der Waals surface area contributed by atoms with Gasteiger partial charge in [0.2, 0.25) is 0 Å². The summed E-state index contributed by atoms with van der Waals surface area (Å²) in [4.78, 5) is 22.8. The number of rotatable bonds is 5. The highest BCUT2D eigenvalue weighted by Crippen LogP contribution is 2.35. The largest absolute Gasteiger partial charge is 0.457 e. The SMILES string of the molecule is Cn1nc(C(F)(F)F)cc1C(=O)Nc1cc(Oc2cccc(C(F)(F)F)c2)cc([N+](=O)[O-])c1. The van der Waals surface area contributed by atoms with Gasteiger partial charge in [-0.1, -0.05) is 6.07 Å². The van der Waals surface area contributed by atoms with Gasteiger partial charge in [-0.2, -0.15) is 31.4 Å². The highest BCUT2D eigenvalue weighted by molar-refractivity contribution is 6.03. The molecule has 0 unspecified atom stereocenters. The Balaban J connectivity index is 1.91. The van der Waals surface area contributed by atoms with Crippen molar-refractivity contribution in [2.24, 2.45) is 7.05 Å². The second-order valence-corrected chi connectivity index (χ2v) is 6.59. The maximum Gasteiger partial charge on any atom is 0.435 e. The Kier molecular flexibility index (Phi) is 6.03. The summed E-state index contributed by atoms with van der Waals surface area (Å²) in [5, 5.41) is 16.6. The van der Waals surface area contributed by atoms with Crippen molar-refractivity contribution in [2.75, 3.05) is 5.32 Å². The Morgan fingerprint density at radius 1 is 1.03 bits per heavy atom. The highest BCUT2D eigenvalue weighted by Gasteiger charge is 2.35. The van der Waals surface area contributed by atoms with E-state index in [-0.39, 0.29) is 17.2 Å². The second-order valence-electron chi connectivity index (χ2n) is 6.59. The summed E-state index contributed by atoms with van der Waals surface area (Å²) in [6.07, 6.45) is -9.45. The normalized spacial score (nSPS) is 11.8. The Morgan fingerprint density at radius 2 is 1.73 bits per heavy atom. The summed E-state index contributed by atoms with van der Waals surface area (Å²) in [5.74, 6) is -1.64. The zero-order valence-electron chi connectivity index (χ0n) is 16.4. The summed E-state index contributed by atoms with van der Waals surface area (Å²) < 4.78 is 83.0. The lowest BCUT2D eigenvalue weighted by molar-refractivity contribution is -0.384. The molecular weight excluding hydrogens is 462 g/mol. The molecule has 8 nitrogen and oxygen atoms in total. The number of ether oxygens (including phenoxy) is 1. The van der Waals surface area contributed by atoms with Crippen LogP contribution in [0.2, 0.25) is 0 Å². The third kappa shape index (κ3) is 5.58. The number of nitrogens with one attached hydrogen (secondary N) is 1. The van der Waals surface area contributed by atoms with E-state index < -0.39 is 45.8 Å². The molecule has 0 spiro atoms. The minimum atomic E-state index is -4.80. The molecule has 1 aromatic heterocycles. The average Bonchev–Trinajstić information content (AvgIpc) is 3.09. The van der Waals surface area contributed by atoms with Gasteiger partial charge in [-0.05, 0) is 18.2 Å². The topological polar surface area (TPSA) is 99.3 Å². The number of nitro groups is 1. The van der Waals surface area contributed by atoms with E-state index in [9.17, 15) is 41.3 Å². The summed E-state index contributed by atoms with van der Waals surface area (Å²) in [5.41, 5.74) is -3.66. The van der Waals surface area contributed by atoms with Crippen molar-refractivity contribution < 1.29 is 40.8 Å². The monoisotopic (exact) mass is 474 g/mol. The van der Waals surface area contributed by atoms with Crippen LogP contribution in [0.3, 0.4) is 0 Å². The predicted molar refractivity (Wildman–Crippen MR) is 101 cm³/mol. The number of hydrogen-bond donors (Lipinski definition) is 1. The van der Waals surface area contributed by atoms with E-state index in [4.69, 9.17) is 4.74 Å². The summed E-state index contributed by atoms with van der Waals surface area (Å²) in [6.45, 7) is 0. The maximum absolute atomic E-state index is 12.9. The molecule has 0 fully saturated rings. The van der Waals surface area contributed by atoms with Gasteiger partial charge >= 0.3 is 12.4 Å². The first-order chi connectivity index (χ1) is 15.2. The molecule has 1 amide bonds. The van der Waals surface area contributed by atoms with Crippen LogP contribution in [-0.4, -0.2) is 20.6 Å². The zero-order chi connectivity index (χ0) is 24.6. The number of aryl methyl sites for hydroxylation is 1. The van der Waals surface area contributed by atoms with Crippen molar-refractivity contribution in [1.29, 1.82) is 0 Å². The maximum atomic E-state index is 12.9. The first-order valence-corrected chi connectivity index (χ1v) is 8.81. The minimum absolute atomic E-state index is 0.245. The van der Waals surface area contributed by atoms with Crippen LogP contribution in [0.1, 0.15) is 21.7 Å². The second kappa shape index (κ2) is 8.44. The third-order valence-corrected chi connectivity index (χ3v) is 4.16. The van der Waals surface area contributed by atoms with Crippen molar-refractivity contribution in [3.05, 3.63) is 75.6 Å². The van der Waals surface area contributed by atoms with Crippen LogP contribution < -0.4 is 10.1 Å². The lowest BCUT2D eigenvalue weighted by atomic mass is 10.2. The van der Waals surface area contributed by atoms with Gasteiger partial charge in [0.05, 0.1) is 22.2 Å². The van der Waals surface area contributed by atoms with Crippen LogP contribution in [0.15, 0.2) is 48.5 Å². The summed E-state index contributed by atoms with van der Waals surface area (Å²) in [6, 6.07) is 7.08. The van der Waals surface area contributed by atoms with Crippen molar-refractivity contribution in [3.8, 4) is 11.5 Å². The smallest absolute Gasteiger partial charge is 0.435 e. The van der Waals surface area contributed by atoms with E-state index in [1.165, 1.54) is 6.07 Å². The molecule has 174 valence electrons. The molecule has 33 heavy (non-hydrogen) atoms. The number of alkyl halides is 6. The predicted octanol–water partition coefficient (Wildman–Crippen LogP) is 5.41. The molecule has 14 heteroatoms. The summed E-state index contributed by atoms with van der Waals surface area (Å²) in [7, 11) is 1.10. The lowest BCUT2D eigenvalue weighted by Gasteiger charge is -2.11. The van der Waals surface area contributed by atoms with Crippen molar-refractivity contribution >= 4 is 17.3 Å². The Morgan fingerprint density at radius 3 is 2.30 bits per heavy atom. The van der Waals surface area contributed by atoms with Gasteiger partial charge in [0.25, 0.3) is 11.6 Å². The third-order valence-electron chi connectivity index (χ3n) is 4.16. The number of nitro benzene ring substituents is 1. The average molecular weight is 474 g/mol. The van der Waals surface area contributed by atoms with Gasteiger partial charge < -0.3 is 10.1 Å². The molecule has 0 aliphatic carbocycles. The van der Waals surface area contributed by atoms with Gasteiger partial charge in [-0.3, -0.25) is 19.6 Å². The molecule has 0 saturated heterocycles. The first-order valence-electron chi connectivity index (χ1n) is 8.81. The van der Waals surface area contributed by atoms with Crippen LogP contribution in [0.25, 0.3) is 0 Å². The number of amides is 1. The van der Waals surface area contributed by atoms with Crippen LogP contribution >= 0.6 is 0 Å². The highest BCUT2D eigenvalue weighted by atomic mass is 19.4. The quantitative estimate of drug-likeness (QED) is 0.303. The zero-order valence-corrected chi connectivity index (χ0v) is 16.4. The van der Waals surface area contributed by atoms with Crippen molar-refractivity contribution in [1.82, 2.24) is 9.78 Å². The molecule has 2 aromatic carbocycles. The molecule has 0 bridgehead atoms. The number of carbonyl (C=O) groups is 1. The molecule has 0 aliphatic rings. The van der Waals surface area contributed by atoms with E-state index in [1.807, 2.05) is 0 Å². The number of non-ortho nitro benzene ring substituents is 1. The number of carbonyl (C=O) groups excluding carboxylic acids is 1. The molecule has 3 aromatic rings. The summed E-state index contributed by atoms with van der Waals surface area (Å²) >= 11 is 0. The lowest BCUT2D eigenvalue weighted by Crippen LogP contribution is -2.16. The minimum Gasteiger partial charge on any atom is -0.457 e. The van der Waals surface area contributed by atoms with Crippen LogP contribution in [0, 0.1) is 10.1 Å². The van der Waals surface area contributed by atoms with E-state index >= 15 is 0 Å². The van der Waals surface area contributed by atoms with Gasteiger partial charge in [0.15, 0.2) is 5.69 Å². The molecule has 3 rings (SSSR count). The Hall–Kier alpha value is -4.10. The fourth-order valence-corrected chi connectivity index (χ4v) is 2.71. The van der Waals surface area contributed by atoms with Gasteiger partial charge in [-0.25, -0.2) is 0 Å². The number of benzene rings is 2. The van der Waals surface area contributed by atoms with Gasteiger partial charge in [0.1, 0.15) is 17.2 Å². The Labute approximate surface area is 180 Å². The molecule has 1 N–H and O–H groups in total. The van der Waals surface area contributed by atoms with Crippen LogP contribution in [-0.2, 0) is 19.4 Å². The molecule has 0 radical (unpaired) electrons. The Bertz CT molecular complexity index is 1220. The molecule has 0 atom stereocenters. The van der Waals surface area contributed by atoms with E-state index in [1.54, 1.807) is 0 Å². The number of nitrogens with zero attached hydrogens (tertiary/aromatic N) is 3. The van der Waals surface area contributed by atoms with Crippen LogP contribution in [0.4, 0.5) is 37.7 Å². The van der Waals surface area contributed by atoms with Crippen molar-refractivity contribution in [2.45, 2.75) is 12.4 Å². The van der Waals surface area contributed by atoms with E-state index in [2.05, 4.69) is 10.4 Å². The number of halogens is 6. The molecular formula is C19H12F6N4O4. The van der Waals surface area contributed by atoms with Crippen LogP contribution in [0.5, 0.6) is 11.5 Å². The van der Waals surface area contributed by atoms with E-state index in [0.717, 1.165) is 37.4 Å². The standard InChI is InChI=1S/C19H12F6N4O4/c1-28-15(9-16(27-28)19(23,24)25)17(30)26-11-6-12(29(31)32)8-14(7-11)33-13-4-2-3-10(5-13)18(20,21)22/h2-9H,1H3,(H,26,30). The van der Waals surface area contributed by atoms with E-state index in [0.29, 0.717) is 16.8 Å². The number of aromatic nitrogens is 2. The fraction of sp³-hybridized carbons (Fsp3) is 0.158. The van der Waals surface area contributed by atoms with Crippen molar-refractivity contribution in [3.63, 3.8) is 0 Å².